The van der Waals surface area contributed by atoms with Crippen LogP contribution in [0.4, 0.5) is 0 Å². The van der Waals surface area contributed by atoms with Crippen molar-refractivity contribution in [3.63, 3.8) is 0 Å². The molecular weight excluding hydrogens is 228 g/mol. The fourth-order valence-corrected chi connectivity index (χ4v) is 1.91. The van der Waals surface area contributed by atoms with Gasteiger partial charge in [0, 0.05) is 0 Å². The van der Waals surface area contributed by atoms with Gasteiger partial charge in [0.2, 0.25) is 0 Å². The maximum absolute atomic E-state index is 11.6. The second-order valence-electron chi connectivity index (χ2n) is 4.51. The van der Waals surface area contributed by atoms with Crippen LogP contribution in [0.2, 0.25) is 0 Å². The van der Waals surface area contributed by atoms with Crippen LogP contribution in [-0.2, 0) is 4.74 Å². The molecule has 0 aliphatic carbocycles. The lowest BCUT2D eigenvalue weighted by Gasteiger charge is -2.11. The highest BCUT2D eigenvalue weighted by molar-refractivity contribution is 5.89. The van der Waals surface area contributed by atoms with Crippen LogP contribution in [0.3, 0.4) is 0 Å². The van der Waals surface area contributed by atoms with Gasteiger partial charge in [-0.3, -0.25) is 0 Å². The monoisotopic (exact) mass is 250 g/mol. The molecule has 0 saturated heterocycles. The Balaban J connectivity index is 2.27. The summed E-state index contributed by atoms with van der Waals surface area (Å²) < 4.78 is 5.19. The third-order valence-electron chi connectivity index (χ3n) is 3.25. The normalized spacial score (nSPS) is 10.6. The van der Waals surface area contributed by atoms with Crippen molar-refractivity contribution in [2.75, 3.05) is 6.61 Å². The zero-order valence-corrected chi connectivity index (χ0v) is 11.2. The van der Waals surface area contributed by atoms with Crippen molar-refractivity contribution >= 4 is 5.97 Å². The van der Waals surface area contributed by atoms with Gasteiger partial charge in [-0.15, -0.1) is 0 Å². The molecule has 1 N–H and O–H groups in total. The third kappa shape index (κ3) is 4.78. The molecule has 1 aromatic carbocycles. The smallest absolute Gasteiger partial charge is 0.338 e. The molecule has 0 fully saturated rings. The number of esters is 1. The van der Waals surface area contributed by atoms with E-state index in [4.69, 9.17) is 9.84 Å². The van der Waals surface area contributed by atoms with E-state index in [0.29, 0.717) is 12.2 Å². The molecule has 0 aliphatic heterocycles. The summed E-state index contributed by atoms with van der Waals surface area (Å²) in [5, 5.41) is 9.12. The van der Waals surface area contributed by atoms with Gasteiger partial charge < -0.3 is 9.84 Å². The van der Waals surface area contributed by atoms with Gasteiger partial charge in [0.25, 0.3) is 0 Å². The second-order valence-corrected chi connectivity index (χ2v) is 4.51. The van der Waals surface area contributed by atoms with E-state index in [1.165, 1.54) is 25.0 Å². The largest absolute Gasteiger partial charge is 0.508 e. The number of carbonyl (C=O) groups is 1. The lowest BCUT2D eigenvalue weighted by Crippen LogP contribution is -2.07. The van der Waals surface area contributed by atoms with Gasteiger partial charge in [0.1, 0.15) is 5.75 Å². The Kier molecular flexibility index (Phi) is 6.26. The van der Waals surface area contributed by atoms with Crippen molar-refractivity contribution in [3.05, 3.63) is 29.8 Å². The fourth-order valence-electron chi connectivity index (χ4n) is 1.91. The molecule has 0 saturated carbocycles. The molecule has 0 unspecified atom stereocenters. The van der Waals surface area contributed by atoms with Gasteiger partial charge in [0.15, 0.2) is 0 Å². The Bertz CT molecular complexity index is 353. The number of hydrogen-bond acceptors (Lipinski definition) is 3. The first-order valence-corrected chi connectivity index (χ1v) is 6.63. The third-order valence-corrected chi connectivity index (χ3v) is 3.25. The van der Waals surface area contributed by atoms with Gasteiger partial charge in [-0.25, -0.2) is 4.79 Å². The van der Waals surface area contributed by atoms with Crippen molar-refractivity contribution in [1.82, 2.24) is 0 Å². The van der Waals surface area contributed by atoms with Gasteiger partial charge in [-0.2, -0.15) is 0 Å². The van der Waals surface area contributed by atoms with Crippen LogP contribution in [0, 0.1) is 5.92 Å². The highest BCUT2D eigenvalue weighted by atomic mass is 16.5. The van der Waals surface area contributed by atoms with Crippen LogP contribution in [0.5, 0.6) is 5.75 Å². The van der Waals surface area contributed by atoms with Crippen LogP contribution in [0.25, 0.3) is 0 Å². The molecule has 1 aromatic rings. The highest BCUT2D eigenvalue weighted by Gasteiger charge is 2.07. The Labute approximate surface area is 109 Å². The van der Waals surface area contributed by atoms with Crippen molar-refractivity contribution in [2.45, 2.75) is 39.5 Å². The van der Waals surface area contributed by atoms with Crippen molar-refractivity contribution in [1.29, 1.82) is 0 Å². The zero-order valence-electron chi connectivity index (χ0n) is 11.2. The molecule has 0 radical (unpaired) electrons. The van der Waals surface area contributed by atoms with E-state index >= 15 is 0 Å². The van der Waals surface area contributed by atoms with Gasteiger partial charge in [0.05, 0.1) is 12.2 Å². The predicted octanol–water partition coefficient (Wildman–Crippen LogP) is 3.77. The van der Waals surface area contributed by atoms with Crippen molar-refractivity contribution in [3.8, 4) is 5.75 Å². The molecule has 0 amide bonds. The van der Waals surface area contributed by atoms with Crippen LogP contribution < -0.4 is 0 Å². The van der Waals surface area contributed by atoms with E-state index in [1.54, 1.807) is 12.1 Å². The Morgan fingerprint density at radius 2 is 1.83 bits per heavy atom. The number of phenols is 1. The first-order chi connectivity index (χ1) is 8.67. The maximum atomic E-state index is 11.6. The highest BCUT2D eigenvalue weighted by Crippen LogP contribution is 2.15. The number of hydrogen-bond donors (Lipinski definition) is 1. The predicted molar refractivity (Wildman–Crippen MR) is 71.7 cm³/mol. The number of benzene rings is 1. The van der Waals surface area contributed by atoms with Crippen LogP contribution >= 0.6 is 0 Å². The topological polar surface area (TPSA) is 46.5 Å². The molecule has 0 heterocycles. The fraction of sp³-hybridized carbons (Fsp3) is 0.533. The van der Waals surface area contributed by atoms with Crippen LogP contribution in [0.15, 0.2) is 24.3 Å². The number of aromatic hydroxyl groups is 1. The molecule has 3 heteroatoms. The standard InChI is InChI=1S/C15H22O3/c1-3-12(4-2)6-5-11-18-15(17)13-7-9-14(16)10-8-13/h7-10,12,16H,3-6,11H2,1-2H3. The molecule has 0 aliphatic rings. The van der Waals surface area contributed by atoms with E-state index in [9.17, 15) is 4.79 Å². The van der Waals surface area contributed by atoms with E-state index in [0.717, 1.165) is 18.8 Å². The minimum atomic E-state index is -0.320. The molecule has 0 atom stereocenters. The number of phenolic OH excluding ortho intramolecular Hbond substituents is 1. The molecule has 3 nitrogen and oxygen atoms in total. The molecule has 100 valence electrons. The molecule has 0 aromatic heterocycles. The molecule has 1 rings (SSSR count). The molecular formula is C15H22O3. The Morgan fingerprint density at radius 3 is 2.39 bits per heavy atom. The first-order valence-electron chi connectivity index (χ1n) is 6.63. The van der Waals surface area contributed by atoms with Crippen molar-refractivity contribution < 1.29 is 14.6 Å². The lowest BCUT2D eigenvalue weighted by molar-refractivity contribution is 0.0493. The average molecular weight is 250 g/mol. The van der Waals surface area contributed by atoms with Crippen molar-refractivity contribution in [2.24, 2.45) is 5.92 Å². The van der Waals surface area contributed by atoms with E-state index in [2.05, 4.69) is 13.8 Å². The zero-order chi connectivity index (χ0) is 13.4. The summed E-state index contributed by atoms with van der Waals surface area (Å²) in [7, 11) is 0. The van der Waals surface area contributed by atoms with Crippen LogP contribution in [-0.4, -0.2) is 17.7 Å². The quantitative estimate of drug-likeness (QED) is 0.592. The van der Waals surface area contributed by atoms with Gasteiger partial charge in [-0.1, -0.05) is 26.7 Å². The van der Waals surface area contributed by atoms with E-state index in [-0.39, 0.29) is 11.7 Å². The summed E-state index contributed by atoms with van der Waals surface area (Å²) in [6.07, 6.45) is 4.39. The summed E-state index contributed by atoms with van der Waals surface area (Å²) in [5.74, 6) is 0.567. The number of rotatable bonds is 7. The summed E-state index contributed by atoms with van der Waals surface area (Å²) in [6.45, 7) is 4.85. The van der Waals surface area contributed by atoms with Crippen LogP contribution in [0.1, 0.15) is 49.9 Å². The minimum Gasteiger partial charge on any atom is -0.508 e. The maximum Gasteiger partial charge on any atom is 0.338 e. The summed E-state index contributed by atoms with van der Waals surface area (Å²) in [4.78, 5) is 11.6. The summed E-state index contributed by atoms with van der Waals surface area (Å²) in [5.41, 5.74) is 0.482. The van der Waals surface area contributed by atoms with Gasteiger partial charge >= 0.3 is 5.97 Å². The molecule has 0 bridgehead atoms. The number of ether oxygens (including phenoxy) is 1. The SMILES string of the molecule is CCC(CC)CCCOC(=O)c1ccc(O)cc1. The minimum absolute atomic E-state index is 0.153. The molecule has 0 spiro atoms. The van der Waals surface area contributed by atoms with Gasteiger partial charge in [-0.05, 0) is 43.0 Å². The first kappa shape index (κ1) is 14.6. The molecule has 18 heavy (non-hydrogen) atoms. The summed E-state index contributed by atoms with van der Waals surface area (Å²) in [6, 6.07) is 6.11. The van der Waals surface area contributed by atoms with E-state index < -0.39 is 0 Å². The van der Waals surface area contributed by atoms with E-state index in [1.807, 2.05) is 0 Å². The Morgan fingerprint density at radius 1 is 1.22 bits per heavy atom. The Hall–Kier alpha value is -1.51. The average Bonchev–Trinajstić information content (AvgIpc) is 2.39. The second kappa shape index (κ2) is 7.75. The summed E-state index contributed by atoms with van der Waals surface area (Å²) >= 11 is 0. The lowest BCUT2D eigenvalue weighted by atomic mass is 9.98. The number of carbonyl (C=O) groups excluding carboxylic acids is 1.